The molecule has 7 heteroatoms. The molecule has 3 N–H and O–H groups in total. The number of amides is 3. The molecule has 5 fully saturated rings. The van der Waals surface area contributed by atoms with Crippen molar-refractivity contribution in [2.24, 2.45) is 17.3 Å². The highest BCUT2D eigenvalue weighted by Gasteiger charge is 2.57. The highest BCUT2D eigenvalue weighted by atomic mass is 16.3. The lowest BCUT2D eigenvalue weighted by atomic mass is 9.47. The minimum absolute atomic E-state index is 0.00580. The fourth-order valence-corrected chi connectivity index (χ4v) is 6.55. The Balaban J connectivity index is 1.26. The molecule has 0 aromatic carbocycles. The Labute approximate surface area is 160 Å². The predicted molar refractivity (Wildman–Crippen MR) is 98.0 cm³/mol. The van der Waals surface area contributed by atoms with E-state index >= 15 is 0 Å². The number of carbonyl (C=O) groups excluding carboxylic acids is 3. The molecule has 0 spiro atoms. The van der Waals surface area contributed by atoms with Gasteiger partial charge in [-0.3, -0.25) is 25.2 Å². The predicted octanol–water partition coefficient (Wildman–Crippen LogP) is 1.26. The first-order valence-electron chi connectivity index (χ1n) is 10.4. The van der Waals surface area contributed by atoms with Gasteiger partial charge >= 0.3 is 0 Å². The summed E-state index contributed by atoms with van der Waals surface area (Å²) < 4.78 is 0. The van der Waals surface area contributed by atoms with E-state index in [9.17, 15) is 19.5 Å². The van der Waals surface area contributed by atoms with E-state index in [-0.39, 0.29) is 29.7 Å². The van der Waals surface area contributed by atoms with Crippen molar-refractivity contribution in [1.82, 2.24) is 15.8 Å². The van der Waals surface area contributed by atoms with Gasteiger partial charge in [0.25, 0.3) is 5.91 Å². The second kappa shape index (κ2) is 7.08. The van der Waals surface area contributed by atoms with Gasteiger partial charge in [0, 0.05) is 19.4 Å². The lowest BCUT2D eigenvalue weighted by molar-refractivity contribution is -0.169. The van der Waals surface area contributed by atoms with E-state index in [0.29, 0.717) is 37.6 Å². The highest BCUT2D eigenvalue weighted by Crippen LogP contribution is 2.62. The third-order valence-corrected chi connectivity index (χ3v) is 7.03. The minimum Gasteiger partial charge on any atom is -0.390 e. The number of rotatable bonds is 4. The lowest BCUT2D eigenvalue weighted by Gasteiger charge is -2.60. The first-order valence-corrected chi connectivity index (χ1v) is 10.4. The Kier molecular flexibility index (Phi) is 4.91. The van der Waals surface area contributed by atoms with E-state index in [2.05, 4.69) is 10.9 Å². The monoisotopic (exact) mass is 377 g/mol. The fourth-order valence-electron chi connectivity index (χ4n) is 6.55. The van der Waals surface area contributed by atoms with Gasteiger partial charge in [-0.2, -0.15) is 0 Å². The average molecular weight is 377 g/mol. The number of likely N-dealkylation sites (tertiary alicyclic amines) is 1. The first kappa shape index (κ1) is 18.7. The SMILES string of the molecule is O=C(CN1CCCCCC1=O)NNC(=O)CC12C[C@H]3C[C@@H](CC(O)(C3)C1)C2. The van der Waals surface area contributed by atoms with Crippen molar-refractivity contribution in [3.05, 3.63) is 0 Å². The van der Waals surface area contributed by atoms with Gasteiger partial charge in [0.05, 0.1) is 5.60 Å². The molecule has 5 rings (SSSR count). The zero-order chi connectivity index (χ0) is 19.1. The van der Waals surface area contributed by atoms with Gasteiger partial charge in [0.2, 0.25) is 11.8 Å². The molecule has 0 radical (unpaired) electrons. The number of hydrogen-bond acceptors (Lipinski definition) is 4. The maximum atomic E-state index is 12.5. The lowest BCUT2D eigenvalue weighted by Crippen LogP contribution is -2.57. The van der Waals surface area contributed by atoms with E-state index in [1.807, 2.05) is 0 Å². The van der Waals surface area contributed by atoms with Crippen LogP contribution < -0.4 is 10.9 Å². The molecule has 4 saturated carbocycles. The number of hydrazine groups is 1. The smallest absolute Gasteiger partial charge is 0.257 e. The largest absolute Gasteiger partial charge is 0.390 e. The van der Waals surface area contributed by atoms with Crippen LogP contribution >= 0.6 is 0 Å². The van der Waals surface area contributed by atoms with E-state index < -0.39 is 5.60 Å². The van der Waals surface area contributed by atoms with E-state index in [4.69, 9.17) is 0 Å². The summed E-state index contributed by atoms with van der Waals surface area (Å²) in [5.41, 5.74) is 4.30. The molecule has 5 aliphatic rings. The van der Waals surface area contributed by atoms with Crippen LogP contribution in [0, 0.1) is 17.3 Å². The Hall–Kier alpha value is -1.63. The van der Waals surface area contributed by atoms with E-state index in [0.717, 1.165) is 44.9 Å². The van der Waals surface area contributed by atoms with E-state index in [1.165, 1.54) is 6.42 Å². The number of hydrogen-bond donors (Lipinski definition) is 3. The van der Waals surface area contributed by atoms with Crippen LogP contribution in [0.1, 0.15) is 70.6 Å². The van der Waals surface area contributed by atoms with Crippen molar-refractivity contribution in [1.29, 1.82) is 0 Å². The van der Waals surface area contributed by atoms with Crippen molar-refractivity contribution in [2.45, 2.75) is 76.2 Å². The summed E-state index contributed by atoms with van der Waals surface area (Å²) in [7, 11) is 0. The Morgan fingerprint density at radius 1 is 1.04 bits per heavy atom. The van der Waals surface area contributed by atoms with Crippen LogP contribution in [0.15, 0.2) is 0 Å². The topological polar surface area (TPSA) is 98.7 Å². The van der Waals surface area contributed by atoms with Crippen molar-refractivity contribution in [3.63, 3.8) is 0 Å². The van der Waals surface area contributed by atoms with Crippen LogP contribution in [-0.4, -0.2) is 46.4 Å². The van der Waals surface area contributed by atoms with Gasteiger partial charge in [-0.05, 0) is 68.6 Å². The second-order valence-corrected chi connectivity index (χ2v) is 9.58. The maximum Gasteiger partial charge on any atom is 0.257 e. The average Bonchev–Trinajstić information content (AvgIpc) is 2.75. The van der Waals surface area contributed by atoms with Crippen LogP contribution in [0.4, 0.5) is 0 Å². The van der Waals surface area contributed by atoms with Gasteiger partial charge in [0.1, 0.15) is 6.54 Å². The molecule has 27 heavy (non-hydrogen) atoms. The molecule has 7 nitrogen and oxygen atoms in total. The molecule has 0 aromatic heterocycles. The van der Waals surface area contributed by atoms with Crippen LogP contribution in [0.2, 0.25) is 0 Å². The second-order valence-electron chi connectivity index (χ2n) is 9.58. The van der Waals surface area contributed by atoms with Gasteiger partial charge < -0.3 is 10.0 Å². The molecule has 1 saturated heterocycles. The zero-order valence-corrected chi connectivity index (χ0v) is 16.0. The van der Waals surface area contributed by atoms with Crippen molar-refractivity contribution < 1.29 is 19.5 Å². The molecular formula is C20H31N3O4. The van der Waals surface area contributed by atoms with Gasteiger partial charge in [0.15, 0.2) is 0 Å². The Morgan fingerprint density at radius 2 is 1.74 bits per heavy atom. The van der Waals surface area contributed by atoms with Gasteiger partial charge in [-0.25, -0.2) is 0 Å². The number of aliphatic hydroxyl groups is 1. The summed E-state index contributed by atoms with van der Waals surface area (Å²) in [6, 6.07) is 0. The molecular weight excluding hydrogens is 346 g/mol. The van der Waals surface area contributed by atoms with E-state index in [1.54, 1.807) is 4.90 Å². The minimum atomic E-state index is -0.583. The summed E-state index contributed by atoms with van der Waals surface area (Å²) in [6.07, 6.45) is 9.33. The highest BCUT2D eigenvalue weighted by molar-refractivity contribution is 5.86. The van der Waals surface area contributed by atoms with Gasteiger partial charge in [-0.1, -0.05) is 6.42 Å². The third-order valence-electron chi connectivity index (χ3n) is 7.03. The third kappa shape index (κ3) is 4.13. The Morgan fingerprint density at radius 3 is 2.44 bits per heavy atom. The van der Waals surface area contributed by atoms with Crippen LogP contribution in [0.25, 0.3) is 0 Å². The van der Waals surface area contributed by atoms with Crippen LogP contribution in [0.3, 0.4) is 0 Å². The summed E-state index contributed by atoms with van der Waals surface area (Å²) >= 11 is 0. The van der Waals surface area contributed by atoms with Crippen molar-refractivity contribution >= 4 is 17.7 Å². The summed E-state index contributed by atoms with van der Waals surface area (Å²) in [4.78, 5) is 38.1. The molecule has 4 aliphatic carbocycles. The number of nitrogens with zero attached hydrogens (tertiary/aromatic N) is 1. The maximum absolute atomic E-state index is 12.5. The molecule has 0 aromatic rings. The zero-order valence-electron chi connectivity index (χ0n) is 16.0. The molecule has 150 valence electrons. The molecule has 1 aliphatic heterocycles. The molecule has 4 bridgehead atoms. The fraction of sp³-hybridized carbons (Fsp3) is 0.850. The quantitative estimate of drug-likeness (QED) is 0.642. The van der Waals surface area contributed by atoms with Crippen LogP contribution in [-0.2, 0) is 14.4 Å². The van der Waals surface area contributed by atoms with Crippen LogP contribution in [0.5, 0.6) is 0 Å². The normalized spacial score (nSPS) is 37.8. The molecule has 1 heterocycles. The summed E-state index contributed by atoms with van der Waals surface area (Å²) in [6.45, 7) is 0.596. The standard InChI is InChI=1S/C20H31N3O4/c24-16(21-22-17(25)12-23-5-3-1-2-4-18(23)26)11-19-7-14-6-15(8-19)10-20(27,9-14)13-19/h14-15,27H,1-13H2,(H,21,24)(H,22,25)/t14-,15-,19?,20?/m1/s1. The van der Waals surface area contributed by atoms with Crippen molar-refractivity contribution in [2.75, 3.05) is 13.1 Å². The Bertz CT molecular complexity index is 621. The first-order chi connectivity index (χ1) is 12.8. The summed E-state index contributed by atoms with van der Waals surface area (Å²) in [5.74, 6) is 0.523. The molecule has 2 atom stereocenters. The molecule has 0 unspecified atom stereocenters. The van der Waals surface area contributed by atoms with Gasteiger partial charge in [-0.15, -0.1) is 0 Å². The van der Waals surface area contributed by atoms with Crippen molar-refractivity contribution in [3.8, 4) is 0 Å². The number of carbonyl (C=O) groups is 3. The number of nitrogens with one attached hydrogen (secondary N) is 2. The molecule has 3 amide bonds. The summed E-state index contributed by atoms with van der Waals surface area (Å²) in [5, 5.41) is 10.8.